The van der Waals surface area contributed by atoms with Gasteiger partial charge in [0.1, 0.15) is 6.67 Å². The minimum Gasteiger partial charge on any atom is -0.359 e. The standard InChI is InChI=1S/C8H15FN2O/c1-10-7(12)8(6-9)2-4-11-5-3-8/h11H,2-6H2,1H3,(H,10,12). The Bertz CT molecular complexity index is 166. The second kappa shape index (κ2) is 3.85. The largest absolute Gasteiger partial charge is 0.359 e. The Balaban J connectivity index is 2.66. The molecule has 0 saturated carbocycles. The van der Waals surface area contributed by atoms with Gasteiger partial charge in [0.2, 0.25) is 5.91 Å². The minimum atomic E-state index is -0.750. The summed E-state index contributed by atoms with van der Waals surface area (Å²) in [4.78, 5) is 11.3. The highest BCUT2D eigenvalue weighted by Crippen LogP contribution is 2.29. The summed E-state index contributed by atoms with van der Waals surface area (Å²) < 4.78 is 12.7. The molecule has 0 atom stereocenters. The van der Waals surface area contributed by atoms with E-state index in [1.54, 1.807) is 7.05 Å². The van der Waals surface area contributed by atoms with Gasteiger partial charge in [0.15, 0.2) is 0 Å². The third-order valence-electron chi connectivity index (χ3n) is 2.53. The first kappa shape index (κ1) is 9.45. The van der Waals surface area contributed by atoms with Crippen LogP contribution in [0.1, 0.15) is 12.8 Å². The van der Waals surface area contributed by atoms with E-state index in [1.807, 2.05) is 0 Å². The van der Waals surface area contributed by atoms with E-state index in [-0.39, 0.29) is 5.91 Å². The van der Waals surface area contributed by atoms with Gasteiger partial charge in [0.25, 0.3) is 0 Å². The average molecular weight is 174 g/mol. The van der Waals surface area contributed by atoms with Crippen molar-refractivity contribution >= 4 is 5.91 Å². The van der Waals surface area contributed by atoms with Crippen LogP contribution in [0.5, 0.6) is 0 Å². The van der Waals surface area contributed by atoms with Gasteiger partial charge < -0.3 is 10.6 Å². The van der Waals surface area contributed by atoms with Gasteiger partial charge in [0.05, 0.1) is 5.41 Å². The monoisotopic (exact) mass is 174 g/mol. The number of alkyl halides is 1. The molecule has 12 heavy (non-hydrogen) atoms. The number of amides is 1. The predicted octanol–water partition coefficient (Wildman–Crippen LogP) is 0.0717. The van der Waals surface area contributed by atoms with Crippen LogP contribution in [0.4, 0.5) is 4.39 Å². The number of hydrogen-bond donors (Lipinski definition) is 2. The molecule has 0 bridgehead atoms. The molecule has 0 unspecified atom stereocenters. The number of rotatable bonds is 2. The fourth-order valence-corrected chi connectivity index (χ4v) is 1.59. The lowest BCUT2D eigenvalue weighted by atomic mass is 9.79. The van der Waals surface area contributed by atoms with Gasteiger partial charge in [-0.1, -0.05) is 0 Å². The summed E-state index contributed by atoms with van der Waals surface area (Å²) in [6, 6.07) is 0. The molecule has 0 aliphatic carbocycles. The molecule has 70 valence electrons. The molecule has 1 heterocycles. The van der Waals surface area contributed by atoms with E-state index in [2.05, 4.69) is 10.6 Å². The van der Waals surface area contributed by atoms with Gasteiger partial charge in [-0.3, -0.25) is 4.79 Å². The summed E-state index contributed by atoms with van der Waals surface area (Å²) in [5, 5.41) is 5.63. The summed E-state index contributed by atoms with van der Waals surface area (Å²) >= 11 is 0. The summed E-state index contributed by atoms with van der Waals surface area (Å²) in [5.41, 5.74) is -0.750. The molecule has 1 aliphatic heterocycles. The van der Waals surface area contributed by atoms with Crippen molar-refractivity contribution in [2.24, 2.45) is 5.41 Å². The first-order valence-corrected chi connectivity index (χ1v) is 4.24. The molecule has 0 aromatic rings. The quantitative estimate of drug-likeness (QED) is 0.622. The highest BCUT2D eigenvalue weighted by atomic mass is 19.1. The maximum atomic E-state index is 12.7. The Morgan fingerprint density at radius 2 is 2.17 bits per heavy atom. The van der Waals surface area contributed by atoms with Crippen molar-refractivity contribution in [1.82, 2.24) is 10.6 Å². The molecular weight excluding hydrogens is 159 g/mol. The van der Waals surface area contributed by atoms with Crippen molar-refractivity contribution in [3.05, 3.63) is 0 Å². The van der Waals surface area contributed by atoms with E-state index in [9.17, 15) is 9.18 Å². The van der Waals surface area contributed by atoms with Crippen LogP contribution < -0.4 is 10.6 Å². The molecule has 1 amide bonds. The fraction of sp³-hybridized carbons (Fsp3) is 0.875. The van der Waals surface area contributed by atoms with Gasteiger partial charge in [-0.2, -0.15) is 0 Å². The average Bonchev–Trinajstić information content (AvgIpc) is 2.17. The predicted molar refractivity (Wildman–Crippen MR) is 44.6 cm³/mol. The molecule has 1 aliphatic rings. The van der Waals surface area contributed by atoms with Crippen LogP contribution in [-0.4, -0.2) is 32.7 Å². The highest BCUT2D eigenvalue weighted by molar-refractivity contribution is 5.82. The van der Waals surface area contributed by atoms with Gasteiger partial charge in [-0.05, 0) is 25.9 Å². The van der Waals surface area contributed by atoms with Crippen molar-refractivity contribution in [2.75, 3.05) is 26.8 Å². The maximum absolute atomic E-state index is 12.7. The van der Waals surface area contributed by atoms with Crippen molar-refractivity contribution in [3.8, 4) is 0 Å². The molecule has 1 fully saturated rings. The first-order chi connectivity index (χ1) is 5.75. The van der Waals surface area contributed by atoms with E-state index in [1.165, 1.54) is 0 Å². The number of halogens is 1. The van der Waals surface area contributed by atoms with Crippen molar-refractivity contribution in [1.29, 1.82) is 0 Å². The van der Waals surface area contributed by atoms with E-state index in [0.717, 1.165) is 13.1 Å². The number of piperidine rings is 1. The topological polar surface area (TPSA) is 41.1 Å². The third-order valence-corrected chi connectivity index (χ3v) is 2.53. The Labute approximate surface area is 71.7 Å². The Kier molecular flexibility index (Phi) is 3.03. The Morgan fingerprint density at radius 1 is 1.58 bits per heavy atom. The van der Waals surface area contributed by atoms with Crippen LogP contribution in [0.2, 0.25) is 0 Å². The van der Waals surface area contributed by atoms with Crippen LogP contribution >= 0.6 is 0 Å². The lowest BCUT2D eigenvalue weighted by Gasteiger charge is -2.32. The Morgan fingerprint density at radius 3 is 2.58 bits per heavy atom. The maximum Gasteiger partial charge on any atom is 0.228 e. The fourth-order valence-electron chi connectivity index (χ4n) is 1.59. The van der Waals surface area contributed by atoms with E-state index < -0.39 is 12.1 Å². The number of carbonyl (C=O) groups excluding carboxylic acids is 1. The second-order valence-corrected chi connectivity index (χ2v) is 3.24. The van der Waals surface area contributed by atoms with Gasteiger partial charge in [-0.15, -0.1) is 0 Å². The van der Waals surface area contributed by atoms with E-state index >= 15 is 0 Å². The lowest BCUT2D eigenvalue weighted by molar-refractivity contribution is -0.133. The molecule has 0 aromatic carbocycles. The molecule has 3 nitrogen and oxygen atoms in total. The third kappa shape index (κ3) is 1.58. The molecule has 0 spiro atoms. The van der Waals surface area contributed by atoms with Gasteiger partial charge >= 0.3 is 0 Å². The molecule has 1 saturated heterocycles. The summed E-state index contributed by atoms with van der Waals surface area (Å²) in [6.45, 7) is 0.920. The zero-order valence-electron chi connectivity index (χ0n) is 7.32. The van der Waals surface area contributed by atoms with Crippen molar-refractivity contribution < 1.29 is 9.18 Å². The first-order valence-electron chi connectivity index (χ1n) is 4.24. The van der Waals surface area contributed by atoms with Gasteiger partial charge in [0, 0.05) is 7.05 Å². The lowest BCUT2D eigenvalue weighted by Crippen LogP contribution is -2.48. The van der Waals surface area contributed by atoms with Crippen molar-refractivity contribution in [2.45, 2.75) is 12.8 Å². The Hall–Kier alpha value is -0.640. The van der Waals surface area contributed by atoms with Crippen LogP contribution in [-0.2, 0) is 4.79 Å². The zero-order chi connectivity index (χ0) is 9.03. The van der Waals surface area contributed by atoms with E-state index in [4.69, 9.17) is 0 Å². The van der Waals surface area contributed by atoms with Crippen LogP contribution in [0, 0.1) is 5.41 Å². The van der Waals surface area contributed by atoms with E-state index in [0.29, 0.717) is 12.8 Å². The number of hydrogen-bond acceptors (Lipinski definition) is 2. The normalized spacial score (nSPS) is 21.8. The second-order valence-electron chi connectivity index (χ2n) is 3.24. The van der Waals surface area contributed by atoms with Crippen LogP contribution in [0.25, 0.3) is 0 Å². The molecule has 0 radical (unpaired) electrons. The van der Waals surface area contributed by atoms with Crippen LogP contribution in [0.15, 0.2) is 0 Å². The SMILES string of the molecule is CNC(=O)C1(CF)CCNCC1. The molecule has 4 heteroatoms. The molecule has 2 N–H and O–H groups in total. The minimum absolute atomic E-state index is 0.161. The molecule has 0 aromatic heterocycles. The smallest absolute Gasteiger partial charge is 0.228 e. The summed E-state index contributed by atoms with van der Waals surface area (Å²) in [6.07, 6.45) is 1.20. The summed E-state index contributed by atoms with van der Waals surface area (Å²) in [7, 11) is 1.56. The van der Waals surface area contributed by atoms with Gasteiger partial charge in [-0.25, -0.2) is 4.39 Å². The van der Waals surface area contributed by atoms with Crippen LogP contribution in [0.3, 0.4) is 0 Å². The molecule has 1 rings (SSSR count). The molecular formula is C8H15FN2O. The zero-order valence-corrected chi connectivity index (χ0v) is 7.32. The number of carbonyl (C=O) groups is 1. The number of nitrogens with one attached hydrogen (secondary N) is 2. The summed E-state index contributed by atoms with van der Waals surface area (Å²) in [5.74, 6) is -0.161. The highest BCUT2D eigenvalue weighted by Gasteiger charge is 2.38. The van der Waals surface area contributed by atoms with Crippen molar-refractivity contribution in [3.63, 3.8) is 0 Å².